The molecule has 4 heteroatoms. The highest BCUT2D eigenvalue weighted by Gasteiger charge is 2.08. The van der Waals surface area contributed by atoms with Crippen LogP contribution in [0.15, 0.2) is 18.2 Å². The van der Waals surface area contributed by atoms with Crippen molar-refractivity contribution in [3.05, 3.63) is 34.3 Å². The molecule has 2 rings (SSSR count). The Balaban J connectivity index is 2.24. The maximum absolute atomic E-state index is 5.67. The van der Waals surface area contributed by atoms with Crippen LogP contribution in [0.5, 0.6) is 0 Å². The van der Waals surface area contributed by atoms with Crippen LogP contribution in [0.25, 0.3) is 10.6 Å². The van der Waals surface area contributed by atoms with Crippen LogP contribution in [0.2, 0.25) is 0 Å². The number of rotatable bonds is 4. The fourth-order valence-corrected chi connectivity index (χ4v) is 2.84. The van der Waals surface area contributed by atoms with E-state index in [2.05, 4.69) is 42.2 Å². The largest absolute Gasteiger partial charge is 0.148 e. The number of nitrogens with zero attached hydrogens (tertiary/aromatic N) is 2. The summed E-state index contributed by atoms with van der Waals surface area (Å²) in [5.41, 5.74) is 3.72. The van der Waals surface area contributed by atoms with Gasteiger partial charge in [-0.25, -0.2) is 0 Å². The van der Waals surface area contributed by atoms with Crippen LogP contribution in [0.3, 0.4) is 0 Å². The molecule has 1 aromatic heterocycles. The zero-order valence-corrected chi connectivity index (χ0v) is 11.6. The molecule has 2 aromatic rings. The molecule has 0 N–H and O–H groups in total. The summed E-state index contributed by atoms with van der Waals surface area (Å²) >= 11 is 7.34. The second-order valence-electron chi connectivity index (χ2n) is 4.11. The molecular formula is C13H15ClN2S. The van der Waals surface area contributed by atoms with Gasteiger partial charge in [0, 0.05) is 17.9 Å². The first-order valence-electron chi connectivity index (χ1n) is 5.66. The molecule has 2 nitrogen and oxygen atoms in total. The van der Waals surface area contributed by atoms with E-state index in [1.165, 1.54) is 16.7 Å². The SMILES string of the molecule is Cc1ccc(-c2nnc(CCCCl)s2)c(C)c1. The molecule has 0 fully saturated rings. The molecule has 0 aliphatic carbocycles. The normalized spacial score (nSPS) is 10.8. The van der Waals surface area contributed by atoms with Crippen LogP contribution >= 0.6 is 22.9 Å². The molecule has 1 aromatic carbocycles. The van der Waals surface area contributed by atoms with E-state index in [1.807, 2.05) is 0 Å². The summed E-state index contributed by atoms with van der Waals surface area (Å²) in [6.07, 6.45) is 1.88. The second kappa shape index (κ2) is 5.61. The Labute approximate surface area is 111 Å². The van der Waals surface area contributed by atoms with Crippen molar-refractivity contribution in [2.45, 2.75) is 26.7 Å². The van der Waals surface area contributed by atoms with Gasteiger partial charge < -0.3 is 0 Å². The van der Waals surface area contributed by atoms with Crippen molar-refractivity contribution in [1.82, 2.24) is 10.2 Å². The minimum Gasteiger partial charge on any atom is -0.143 e. The molecule has 0 bridgehead atoms. The van der Waals surface area contributed by atoms with Gasteiger partial charge in [0.1, 0.15) is 10.0 Å². The number of hydrogen-bond acceptors (Lipinski definition) is 3. The predicted molar refractivity (Wildman–Crippen MR) is 73.9 cm³/mol. The van der Waals surface area contributed by atoms with Crippen molar-refractivity contribution in [3.8, 4) is 10.6 Å². The van der Waals surface area contributed by atoms with Gasteiger partial charge >= 0.3 is 0 Å². The third-order valence-corrected chi connectivity index (χ3v) is 3.89. The van der Waals surface area contributed by atoms with E-state index in [-0.39, 0.29) is 0 Å². The van der Waals surface area contributed by atoms with Gasteiger partial charge in [-0.1, -0.05) is 35.1 Å². The molecule has 0 aliphatic heterocycles. The number of alkyl halides is 1. The topological polar surface area (TPSA) is 25.8 Å². The molecule has 90 valence electrons. The van der Waals surface area contributed by atoms with Crippen LogP contribution < -0.4 is 0 Å². The van der Waals surface area contributed by atoms with E-state index < -0.39 is 0 Å². The molecule has 0 radical (unpaired) electrons. The van der Waals surface area contributed by atoms with E-state index >= 15 is 0 Å². The second-order valence-corrected chi connectivity index (χ2v) is 5.55. The number of halogens is 1. The lowest BCUT2D eigenvalue weighted by molar-refractivity contribution is 0.884. The van der Waals surface area contributed by atoms with Crippen LogP contribution in [0, 0.1) is 13.8 Å². The first-order valence-corrected chi connectivity index (χ1v) is 7.02. The van der Waals surface area contributed by atoms with Crippen molar-refractivity contribution in [3.63, 3.8) is 0 Å². The molecule has 17 heavy (non-hydrogen) atoms. The lowest BCUT2D eigenvalue weighted by Gasteiger charge is -2.02. The molecule has 0 atom stereocenters. The van der Waals surface area contributed by atoms with Crippen molar-refractivity contribution < 1.29 is 0 Å². The zero-order valence-electron chi connectivity index (χ0n) is 10.0. The Morgan fingerprint density at radius 1 is 1.24 bits per heavy atom. The van der Waals surface area contributed by atoms with E-state index in [4.69, 9.17) is 11.6 Å². The Bertz CT molecular complexity index is 508. The van der Waals surface area contributed by atoms with Gasteiger partial charge in [0.15, 0.2) is 0 Å². The van der Waals surface area contributed by atoms with E-state index in [1.54, 1.807) is 11.3 Å². The van der Waals surface area contributed by atoms with Crippen molar-refractivity contribution >= 4 is 22.9 Å². The van der Waals surface area contributed by atoms with Gasteiger partial charge in [-0.05, 0) is 25.8 Å². The highest BCUT2D eigenvalue weighted by atomic mass is 35.5. The quantitative estimate of drug-likeness (QED) is 0.782. The molecule has 0 unspecified atom stereocenters. The minimum absolute atomic E-state index is 0.679. The van der Waals surface area contributed by atoms with Crippen LogP contribution in [-0.2, 0) is 6.42 Å². The summed E-state index contributed by atoms with van der Waals surface area (Å²) in [6, 6.07) is 6.41. The van der Waals surface area contributed by atoms with Crippen LogP contribution in [0.4, 0.5) is 0 Å². The maximum Gasteiger partial charge on any atom is 0.148 e. The smallest absolute Gasteiger partial charge is 0.143 e. The summed E-state index contributed by atoms with van der Waals surface area (Å²) in [7, 11) is 0. The fraction of sp³-hybridized carbons (Fsp3) is 0.385. The monoisotopic (exact) mass is 266 g/mol. The van der Waals surface area contributed by atoms with Crippen molar-refractivity contribution in [2.24, 2.45) is 0 Å². The number of benzene rings is 1. The molecule has 0 saturated carbocycles. The van der Waals surface area contributed by atoms with Crippen molar-refractivity contribution in [1.29, 1.82) is 0 Å². The number of aromatic nitrogens is 2. The Morgan fingerprint density at radius 3 is 2.76 bits per heavy atom. The lowest BCUT2D eigenvalue weighted by atomic mass is 10.1. The third kappa shape index (κ3) is 3.05. The fourth-order valence-electron chi connectivity index (χ4n) is 1.74. The summed E-state index contributed by atoms with van der Waals surface area (Å²) in [4.78, 5) is 0. The van der Waals surface area contributed by atoms with Gasteiger partial charge in [0.05, 0.1) is 0 Å². The van der Waals surface area contributed by atoms with E-state index in [9.17, 15) is 0 Å². The van der Waals surface area contributed by atoms with Gasteiger partial charge in [0.25, 0.3) is 0 Å². The Kier molecular flexibility index (Phi) is 4.13. The first kappa shape index (κ1) is 12.5. The summed E-state index contributed by atoms with van der Waals surface area (Å²) in [6.45, 7) is 4.21. The summed E-state index contributed by atoms with van der Waals surface area (Å²) < 4.78 is 0. The highest BCUT2D eigenvalue weighted by Crippen LogP contribution is 2.27. The standard InChI is InChI=1S/C13H15ClN2S/c1-9-5-6-11(10(2)8-9)13-16-15-12(17-13)4-3-7-14/h5-6,8H,3-4,7H2,1-2H3. The van der Waals surface area contributed by atoms with Crippen LogP contribution in [0.1, 0.15) is 22.6 Å². The van der Waals surface area contributed by atoms with E-state index in [0.717, 1.165) is 22.9 Å². The third-order valence-electron chi connectivity index (χ3n) is 2.60. The molecule has 0 aliphatic rings. The summed E-state index contributed by atoms with van der Waals surface area (Å²) in [5, 5.41) is 10.5. The lowest BCUT2D eigenvalue weighted by Crippen LogP contribution is -1.84. The Morgan fingerprint density at radius 2 is 2.06 bits per heavy atom. The first-order chi connectivity index (χ1) is 8.20. The average Bonchev–Trinajstić information content (AvgIpc) is 2.75. The zero-order chi connectivity index (χ0) is 12.3. The molecule has 0 saturated heterocycles. The maximum atomic E-state index is 5.67. The number of aryl methyl sites for hydroxylation is 3. The average molecular weight is 267 g/mol. The Hall–Kier alpha value is -0.930. The number of hydrogen-bond donors (Lipinski definition) is 0. The molecule has 0 amide bonds. The highest BCUT2D eigenvalue weighted by molar-refractivity contribution is 7.14. The van der Waals surface area contributed by atoms with Gasteiger partial charge in [-0.15, -0.1) is 21.8 Å². The summed E-state index contributed by atoms with van der Waals surface area (Å²) in [5.74, 6) is 0.679. The van der Waals surface area contributed by atoms with Crippen LogP contribution in [-0.4, -0.2) is 16.1 Å². The van der Waals surface area contributed by atoms with Gasteiger partial charge in [0.2, 0.25) is 0 Å². The van der Waals surface area contributed by atoms with Gasteiger partial charge in [-0.3, -0.25) is 0 Å². The molecule has 0 spiro atoms. The van der Waals surface area contributed by atoms with E-state index in [0.29, 0.717) is 5.88 Å². The minimum atomic E-state index is 0.679. The molecule has 1 heterocycles. The van der Waals surface area contributed by atoms with Gasteiger partial charge in [-0.2, -0.15) is 0 Å². The molecular weight excluding hydrogens is 252 g/mol. The predicted octanol–water partition coefficient (Wildman–Crippen LogP) is 3.99. The van der Waals surface area contributed by atoms with Crippen molar-refractivity contribution in [2.75, 3.05) is 5.88 Å².